The summed E-state index contributed by atoms with van der Waals surface area (Å²) in [4.78, 5) is 4.88. The predicted molar refractivity (Wildman–Crippen MR) is 98.7 cm³/mol. The molecule has 2 aliphatic rings. The van der Waals surface area contributed by atoms with Crippen LogP contribution in [-0.2, 0) is 6.42 Å². The van der Waals surface area contributed by atoms with E-state index in [-0.39, 0.29) is 0 Å². The van der Waals surface area contributed by atoms with E-state index in [1.165, 1.54) is 33.5 Å². The van der Waals surface area contributed by atoms with Crippen molar-refractivity contribution in [2.75, 3.05) is 23.0 Å². The second-order valence-corrected chi connectivity index (χ2v) is 7.77. The molecule has 2 aliphatic heterocycles. The van der Waals surface area contributed by atoms with E-state index in [1.54, 1.807) is 0 Å². The number of benzene rings is 2. The molecule has 4 rings (SSSR count). The van der Waals surface area contributed by atoms with Crippen molar-refractivity contribution >= 4 is 64.9 Å². The zero-order valence-electron chi connectivity index (χ0n) is 11.2. The van der Waals surface area contributed by atoms with Crippen LogP contribution in [0.4, 0.5) is 17.1 Å². The van der Waals surface area contributed by atoms with Gasteiger partial charge in [0.2, 0.25) is 0 Å². The second-order valence-electron chi connectivity index (χ2n) is 5.39. The molecule has 0 saturated carbocycles. The van der Waals surface area contributed by atoms with Gasteiger partial charge in [0.05, 0.1) is 22.5 Å². The van der Waals surface area contributed by atoms with E-state index in [0.29, 0.717) is 0 Å². The summed E-state index contributed by atoms with van der Waals surface area (Å²) in [5.41, 5.74) is 5.33. The number of rotatable bonds is 1. The molecule has 0 aliphatic carbocycles. The highest BCUT2D eigenvalue weighted by Gasteiger charge is 2.36. The van der Waals surface area contributed by atoms with E-state index in [1.807, 2.05) is 0 Å². The zero-order chi connectivity index (χ0) is 14.6. The van der Waals surface area contributed by atoms with Crippen molar-refractivity contribution in [3.8, 4) is 0 Å². The third kappa shape index (κ3) is 2.08. The van der Waals surface area contributed by atoms with Gasteiger partial charge in [0.25, 0.3) is 0 Å². The highest BCUT2D eigenvalue weighted by atomic mass is 79.9. The molecule has 0 atom stereocenters. The van der Waals surface area contributed by atoms with Crippen LogP contribution in [0.5, 0.6) is 0 Å². The third-order valence-corrected chi connectivity index (χ3v) is 7.69. The van der Waals surface area contributed by atoms with Crippen molar-refractivity contribution in [2.24, 2.45) is 0 Å². The molecular weight excluding hydrogens is 460 g/mol. The van der Waals surface area contributed by atoms with Crippen LogP contribution in [0.15, 0.2) is 43.7 Å². The summed E-state index contributed by atoms with van der Waals surface area (Å²) in [6.07, 6.45) is 2.34. The van der Waals surface area contributed by atoms with Crippen molar-refractivity contribution < 1.29 is 0 Å². The van der Waals surface area contributed by atoms with Gasteiger partial charge >= 0.3 is 0 Å². The third-order valence-electron chi connectivity index (χ3n) is 4.19. The maximum atomic E-state index is 3.79. The predicted octanol–water partition coefficient (Wildman–Crippen LogP) is 5.84. The van der Waals surface area contributed by atoms with Gasteiger partial charge in [-0.2, -0.15) is 0 Å². The molecule has 2 heterocycles. The molecule has 0 N–H and O–H groups in total. The van der Waals surface area contributed by atoms with Crippen LogP contribution in [0, 0.1) is 0 Å². The molecular formula is C16H13Br3N2. The second kappa shape index (κ2) is 5.28. The van der Waals surface area contributed by atoms with E-state index in [9.17, 15) is 0 Å². The fourth-order valence-corrected chi connectivity index (χ4v) is 5.14. The minimum absolute atomic E-state index is 0.924. The number of nitrogens with zero attached hydrogens (tertiary/aromatic N) is 2. The van der Waals surface area contributed by atoms with Crippen molar-refractivity contribution in [3.63, 3.8) is 0 Å². The molecule has 2 aromatic rings. The molecule has 0 amide bonds. The number of halogens is 3. The first kappa shape index (κ1) is 14.1. The smallest absolute Gasteiger partial charge is 0.0953 e. The van der Waals surface area contributed by atoms with Gasteiger partial charge in [-0.05, 0) is 78.3 Å². The SMILES string of the molecule is Brc1c(Br)c2c3c(c1Br)N(c1ccccc1)CN3CCC2. The monoisotopic (exact) mass is 470 g/mol. The van der Waals surface area contributed by atoms with Gasteiger partial charge in [0, 0.05) is 21.2 Å². The lowest BCUT2D eigenvalue weighted by Gasteiger charge is -2.27. The molecule has 0 fully saturated rings. The van der Waals surface area contributed by atoms with E-state index in [2.05, 4.69) is 87.9 Å². The Kier molecular flexibility index (Phi) is 3.55. The first-order valence-electron chi connectivity index (χ1n) is 6.95. The van der Waals surface area contributed by atoms with Crippen LogP contribution in [0.3, 0.4) is 0 Å². The van der Waals surface area contributed by atoms with Gasteiger partial charge in [-0.25, -0.2) is 0 Å². The van der Waals surface area contributed by atoms with Crippen LogP contribution in [0.1, 0.15) is 12.0 Å². The molecule has 0 radical (unpaired) electrons. The van der Waals surface area contributed by atoms with Crippen LogP contribution in [0.25, 0.3) is 0 Å². The Morgan fingerprint density at radius 2 is 1.62 bits per heavy atom. The first-order chi connectivity index (χ1) is 10.2. The molecule has 2 aromatic carbocycles. The van der Waals surface area contributed by atoms with Gasteiger partial charge < -0.3 is 9.80 Å². The summed E-state index contributed by atoms with van der Waals surface area (Å²) in [5.74, 6) is 0. The van der Waals surface area contributed by atoms with Crippen molar-refractivity contribution in [3.05, 3.63) is 49.3 Å². The van der Waals surface area contributed by atoms with Gasteiger partial charge in [0.1, 0.15) is 0 Å². The van der Waals surface area contributed by atoms with Gasteiger partial charge in [-0.15, -0.1) is 0 Å². The van der Waals surface area contributed by atoms with Gasteiger partial charge in [-0.1, -0.05) is 18.2 Å². The van der Waals surface area contributed by atoms with Crippen molar-refractivity contribution in [2.45, 2.75) is 12.8 Å². The maximum Gasteiger partial charge on any atom is 0.0953 e. The highest BCUT2D eigenvalue weighted by Crippen LogP contribution is 2.54. The quantitative estimate of drug-likeness (QED) is 0.481. The topological polar surface area (TPSA) is 6.48 Å². The fraction of sp³-hybridized carbons (Fsp3) is 0.250. The summed E-state index contributed by atoms with van der Waals surface area (Å²) >= 11 is 11.3. The zero-order valence-corrected chi connectivity index (χ0v) is 16.0. The van der Waals surface area contributed by atoms with E-state index < -0.39 is 0 Å². The van der Waals surface area contributed by atoms with Crippen LogP contribution in [-0.4, -0.2) is 13.2 Å². The molecule has 0 spiro atoms. The Morgan fingerprint density at radius 3 is 2.38 bits per heavy atom. The van der Waals surface area contributed by atoms with Gasteiger partial charge in [-0.3, -0.25) is 0 Å². The molecule has 0 bridgehead atoms. The Hall–Kier alpha value is -0.520. The van der Waals surface area contributed by atoms with Crippen LogP contribution in [0.2, 0.25) is 0 Å². The Bertz CT molecular complexity index is 715. The Balaban J connectivity index is 1.97. The average Bonchev–Trinajstić information content (AvgIpc) is 2.92. The van der Waals surface area contributed by atoms with Crippen molar-refractivity contribution in [1.29, 1.82) is 0 Å². The lowest BCUT2D eigenvalue weighted by molar-refractivity contribution is 0.716. The Labute approximate surface area is 149 Å². The molecule has 0 saturated heterocycles. The van der Waals surface area contributed by atoms with E-state index >= 15 is 0 Å². The highest BCUT2D eigenvalue weighted by molar-refractivity contribution is 9.14. The lowest BCUT2D eigenvalue weighted by Crippen LogP contribution is -2.31. The normalized spacial score (nSPS) is 16.3. The van der Waals surface area contributed by atoms with Crippen LogP contribution < -0.4 is 9.80 Å². The van der Waals surface area contributed by atoms with Crippen molar-refractivity contribution in [1.82, 2.24) is 0 Å². The standard InChI is InChI=1S/C16H13Br3N2/c17-12-11-7-4-8-20-9-21(10-5-2-1-3-6-10)16(15(11)20)14(19)13(12)18/h1-3,5-6H,4,7-9H2. The summed E-state index contributed by atoms with van der Waals surface area (Å²) in [6.45, 7) is 2.05. The molecule has 2 nitrogen and oxygen atoms in total. The largest absolute Gasteiger partial charge is 0.351 e. The minimum atomic E-state index is 0.924. The first-order valence-corrected chi connectivity index (χ1v) is 9.33. The molecule has 0 aromatic heterocycles. The van der Waals surface area contributed by atoms with Crippen LogP contribution >= 0.6 is 47.8 Å². The Morgan fingerprint density at radius 1 is 0.857 bits per heavy atom. The molecule has 108 valence electrons. The molecule has 0 unspecified atom stereocenters. The number of hydrogen-bond donors (Lipinski definition) is 0. The average molecular weight is 473 g/mol. The number of anilines is 3. The van der Waals surface area contributed by atoms with E-state index in [4.69, 9.17) is 0 Å². The number of hydrogen-bond acceptors (Lipinski definition) is 2. The molecule has 5 heteroatoms. The summed E-state index contributed by atoms with van der Waals surface area (Å²) < 4.78 is 3.43. The van der Waals surface area contributed by atoms with E-state index in [0.717, 1.165) is 28.6 Å². The summed E-state index contributed by atoms with van der Waals surface area (Å²) in [6, 6.07) is 10.6. The van der Waals surface area contributed by atoms with Gasteiger partial charge in [0.15, 0.2) is 0 Å². The summed E-state index contributed by atoms with van der Waals surface area (Å²) in [7, 11) is 0. The minimum Gasteiger partial charge on any atom is -0.351 e. The molecule has 21 heavy (non-hydrogen) atoms. The maximum absolute atomic E-state index is 3.79. The number of para-hydroxylation sites is 1. The lowest BCUT2D eigenvalue weighted by atomic mass is 10.0. The summed E-state index contributed by atoms with van der Waals surface area (Å²) in [5, 5.41) is 0. The fourth-order valence-electron chi connectivity index (χ4n) is 3.26.